The zero-order valence-corrected chi connectivity index (χ0v) is 9.50. The van der Waals surface area contributed by atoms with Crippen molar-refractivity contribution in [3.63, 3.8) is 0 Å². The maximum Gasteiger partial charge on any atom is 0.123 e. The first-order valence-electron chi connectivity index (χ1n) is 4.99. The molecule has 1 aromatic rings. The smallest absolute Gasteiger partial charge is 0.123 e. The minimum absolute atomic E-state index is 0.946. The molecule has 0 fully saturated rings. The van der Waals surface area contributed by atoms with Gasteiger partial charge in [-0.2, -0.15) is 0 Å². The average molecular weight is 193 g/mol. The highest BCUT2D eigenvalue weighted by Gasteiger charge is 2.04. The maximum atomic E-state index is 5.32. The van der Waals surface area contributed by atoms with Crippen LogP contribution in [0.1, 0.15) is 18.1 Å². The molecule has 0 aliphatic carbocycles. The number of ether oxygens (including phenoxy) is 1. The number of benzene rings is 1. The number of rotatable bonds is 4. The van der Waals surface area contributed by atoms with E-state index in [1.165, 1.54) is 11.1 Å². The number of hydrogen-bond donors (Lipinski definition) is 0. The van der Waals surface area contributed by atoms with Crippen LogP contribution in [-0.2, 0) is 6.54 Å². The van der Waals surface area contributed by atoms with Crippen LogP contribution in [-0.4, -0.2) is 25.6 Å². The van der Waals surface area contributed by atoms with Gasteiger partial charge < -0.3 is 9.64 Å². The van der Waals surface area contributed by atoms with E-state index in [1.807, 2.05) is 6.07 Å². The van der Waals surface area contributed by atoms with Crippen molar-refractivity contribution in [3.8, 4) is 5.75 Å². The van der Waals surface area contributed by atoms with Gasteiger partial charge in [-0.3, -0.25) is 0 Å². The van der Waals surface area contributed by atoms with E-state index in [9.17, 15) is 0 Å². The van der Waals surface area contributed by atoms with Crippen LogP contribution in [0.4, 0.5) is 0 Å². The van der Waals surface area contributed by atoms with Crippen molar-refractivity contribution in [1.82, 2.24) is 4.90 Å². The zero-order chi connectivity index (χ0) is 10.6. The molecular weight excluding hydrogens is 174 g/mol. The summed E-state index contributed by atoms with van der Waals surface area (Å²) in [5.74, 6) is 0.982. The lowest BCUT2D eigenvalue weighted by atomic mass is 10.1. The topological polar surface area (TPSA) is 12.5 Å². The molecule has 1 aromatic carbocycles. The molecule has 0 bridgehead atoms. The summed E-state index contributed by atoms with van der Waals surface area (Å²) in [4.78, 5) is 2.26. The van der Waals surface area contributed by atoms with Gasteiger partial charge in [0, 0.05) is 12.1 Å². The molecule has 1 rings (SSSR count). The standard InChI is InChI=1S/C12H19NO/c1-5-13(3)9-11-8-10(2)6-7-12(11)14-4/h6-8H,5,9H2,1-4H3. The molecule has 0 N–H and O–H groups in total. The molecule has 0 aliphatic rings. The molecular formula is C12H19NO. The van der Waals surface area contributed by atoms with Crippen LogP contribution in [0.2, 0.25) is 0 Å². The minimum Gasteiger partial charge on any atom is -0.496 e. The second kappa shape index (κ2) is 5.01. The van der Waals surface area contributed by atoms with Crippen LogP contribution < -0.4 is 4.74 Å². The summed E-state index contributed by atoms with van der Waals surface area (Å²) in [6.07, 6.45) is 0. The normalized spacial score (nSPS) is 10.6. The third-order valence-electron chi connectivity index (χ3n) is 2.42. The van der Waals surface area contributed by atoms with E-state index in [0.29, 0.717) is 0 Å². The molecule has 14 heavy (non-hydrogen) atoms. The summed E-state index contributed by atoms with van der Waals surface area (Å²) >= 11 is 0. The fourth-order valence-corrected chi connectivity index (χ4v) is 1.43. The molecule has 0 aromatic heterocycles. The number of methoxy groups -OCH3 is 1. The largest absolute Gasteiger partial charge is 0.496 e. The molecule has 0 unspecified atom stereocenters. The number of nitrogens with zero attached hydrogens (tertiary/aromatic N) is 1. The molecule has 0 aliphatic heterocycles. The van der Waals surface area contributed by atoms with Crippen molar-refractivity contribution in [2.75, 3.05) is 20.7 Å². The van der Waals surface area contributed by atoms with Crippen LogP contribution in [0.25, 0.3) is 0 Å². The van der Waals surface area contributed by atoms with Crippen LogP contribution in [0.3, 0.4) is 0 Å². The number of aryl methyl sites for hydroxylation is 1. The quantitative estimate of drug-likeness (QED) is 0.728. The minimum atomic E-state index is 0.946. The lowest BCUT2D eigenvalue weighted by molar-refractivity contribution is 0.333. The summed E-state index contributed by atoms with van der Waals surface area (Å²) in [5.41, 5.74) is 2.54. The van der Waals surface area contributed by atoms with Gasteiger partial charge in [0.25, 0.3) is 0 Å². The van der Waals surface area contributed by atoms with Crippen molar-refractivity contribution in [1.29, 1.82) is 0 Å². The van der Waals surface area contributed by atoms with Crippen LogP contribution in [0.15, 0.2) is 18.2 Å². The molecule has 2 heteroatoms. The predicted molar refractivity (Wildman–Crippen MR) is 59.7 cm³/mol. The zero-order valence-electron chi connectivity index (χ0n) is 9.50. The Labute approximate surface area is 86.5 Å². The Hall–Kier alpha value is -1.02. The predicted octanol–water partition coefficient (Wildman–Crippen LogP) is 2.46. The molecule has 0 atom stereocenters. The Kier molecular flexibility index (Phi) is 3.96. The summed E-state index contributed by atoms with van der Waals surface area (Å²) in [6, 6.07) is 6.30. The third kappa shape index (κ3) is 2.74. The summed E-state index contributed by atoms with van der Waals surface area (Å²) in [7, 11) is 3.84. The Morgan fingerprint density at radius 1 is 1.36 bits per heavy atom. The van der Waals surface area contributed by atoms with Crippen molar-refractivity contribution in [2.24, 2.45) is 0 Å². The first kappa shape index (κ1) is 11.1. The SMILES string of the molecule is CCN(C)Cc1cc(C)ccc1OC. The van der Waals surface area contributed by atoms with Crippen molar-refractivity contribution in [2.45, 2.75) is 20.4 Å². The highest BCUT2D eigenvalue weighted by atomic mass is 16.5. The summed E-state index contributed by atoms with van der Waals surface area (Å²) in [6.45, 7) is 6.26. The van der Waals surface area contributed by atoms with Gasteiger partial charge >= 0.3 is 0 Å². The number of hydrogen-bond acceptors (Lipinski definition) is 2. The van der Waals surface area contributed by atoms with Gasteiger partial charge in [0.2, 0.25) is 0 Å². The monoisotopic (exact) mass is 193 g/mol. The van der Waals surface area contributed by atoms with Gasteiger partial charge in [-0.15, -0.1) is 0 Å². The Morgan fingerprint density at radius 2 is 2.07 bits per heavy atom. The third-order valence-corrected chi connectivity index (χ3v) is 2.42. The molecule has 0 amide bonds. The van der Waals surface area contributed by atoms with Gasteiger partial charge in [0.05, 0.1) is 7.11 Å². The second-order valence-electron chi connectivity index (χ2n) is 3.65. The van der Waals surface area contributed by atoms with Crippen LogP contribution >= 0.6 is 0 Å². The van der Waals surface area contributed by atoms with Gasteiger partial charge in [-0.05, 0) is 26.6 Å². The first-order valence-corrected chi connectivity index (χ1v) is 4.99. The fraction of sp³-hybridized carbons (Fsp3) is 0.500. The fourth-order valence-electron chi connectivity index (χ4n) is 1.43. The van der Waals surface area contributed by atoms with E-state index in [-0.39, 0.29) is 0 Å². The first-order chi connectivity index (χ1) is 6.67. The summed E-state index contributed by atoms with van der Waals surface area (Å²) < 4.78 is 5.32. The van der Waals surface area contributed by atoms with E-state index in [2.05, 4.69) is 37.9 Å². The molecule has 0 saturated carbocycles. The van der Waals surface area contributed by atoms with E-state index in [0.717, 1.165) is 18.8 Å². The van der Waals surface area contributed by atoms with Crippen LogP contribution in [0, 0.1) is 6.92 Å². The Balaban J connectivity index is 2.87. The average Bonchev–Trinajstić information content (AvgIpc) is 2.18. The molecule has 0 spiro atoms. The maximum absolute atomic E-state index is 5.32. The second-order valence-corrected chi connectivity index (χ2v) is 3.65. The van der Waals surface area contributed by atoms with Crippen molar-refractivity contribution in [3.05, 3.63) is 29.3 Å². The van der Waals surface area contributed by atoms with Gasteiger partial charge in [0.1, 0.15) is 5.75 Å². The molecule has 78 valence electrons. The van der Waals surface area contributed by atoms with Gasteiger partial charge in [-0.25, -0.2) is 0 Å². The molecule has 2 nitrogen and oxygen atoms in total. The van der Waals surface area contributed by atoms with Gasteiger partial charge in [0.15, 0.2) is 0 Å². The van der Waals surface area contributed by atoms with E-state index in [4.69, 9.17) is 4.74 Å². The molecule has 0 radical (unpaired) electrons. The molecule has 0 heterocycles. The van der Waals surface area contributed by atoms with E-state index >= 15 is 0 Å². The lowest BCUT2D eigenvalue weighted by Gasteiger charge is -2.16. The van der Waals surface area contributed by atoms with E-state index < -0.39 is 0 Å². The Morgan fingerprint density at radius 3 is 2.64 bits per heavy atom. The highest BCUT2D eigenvalue weighted by Crippen LogP contribution is 2.20. The lowest BCUT2D eigenvalue weighted by Crippen LogP contribution is -2.17. The van der Waals surface area contributed by atoms with E-state index in [1.54, 1.807) is 7.11 Å². The highest BCUT2D eigenvalue weighted by molar-refractivity contribution is 5.36. The van der Waals surface area contributed by atoms with Crippen molar-refractivity contribution < 1.29 is 4.74 Å². The Bertz CT molecular complexity index is 296. The molecule has 0 saturated heterocycles. The van der Waals surface area contributed by atoms with Crippen molar-refractivity contribution >= 4 is 0 Å². The summed E-state index contributed by atoms with van der Waals surface area (Å²) in [5, 5.41) is 0. The van der Waals surface area contributed by atoms with Crippen LogP contribution in [0.5, 0.6) is 5.75 Å². The van der Waals surface area contributed by atoms with Gasteiger partial charge in [-0.1, -0.05) is 24.6 Å².